The molecular formula is C54H100O9. The van der Waals surface area contributed by atoms with Crippen molar-refractivity contribution in [3.05, 3.63) is 0 Å². The molecule has 1 aliphatic heterocycles. The third kappa shape index (κ3) is 34.8. The van der Waals surface area contributed by atoms with Gasteiger partial charge in [-0.1, -0.05) is 252 Å². The Morgan fingerprint density at radius 3 is 1.08 bits per heavy atom. The molecule has 0 aromatic rings. The van der Waals surface area contributed by atoms with Crippen molar-refractivity contribution in [2.45, 2.75) is 315 Å². The monoisotopic (exact) mass is 896 g/mol. The Morgan fingerprint density at radius 1 is 0.460 bits per heavy atom. The van der Waals surface area contributed by atoms with Crippen molar-refractivity contribution in [3.63, 3.8) is 0 Å². The maximum Gasteiger partial charge on any atom is 0.352 e. The lowest BCUT2D eigenvalue weighted by Crippen LogP contribution is -2.45. The van der Waals surface area contributed by atoms with E-state index < -0.39 is 54.9 Å². The predicted molar refractivity (Wildman–Crippen MR) is 258 cm³/mol. The minimum absolute atomic E-state index is 0.123. The molecule has 0 aliphatic carbocycles. The zero-order valence-corrected chi connectivity index (χ0v) is 40.5. The van der Waals surface area contributed by atoms with Gasteiger partial charge in [0, 0.05) is 23.4 Å². The van der Waals surface area contributed by atoms with Gasteiger partial charge in [0.05, 0.1) is 0 Å². The first-order valence-corrected chi connectivity index (χ1v) is 26.6. The lowest BCUT2D eigenvalue weighted by Gasteiger charge is -2.24. The van der Waals surface area contributed by atoms with Crippen molar-refractivity contribution >= 4 is 23.9 Å². The quantitative estimate of drug-likeness (QED) is 0.0361. The number of esters is 4. The summed E-state index contributed by atoms with van der Waals surface area (Å²) in [6.45, 7) is 1.18. The topological polar surface area (TPSA) is 125 Å². The van der Waals surface area contributed by atoms with Gasteiger partial charge in [-0.25, -0.2) is 4.79 Å². The number of cyclic esters (lactones) is 1. The standard InChI is InChI=1S/C54H100O9/c1-4-7-10-13-16-19-22-25-28-31-34-37-40-43-48(56)60-46-47(55)51-52(61-49(57)44-41-38-35-32-29-26-23-20-17-14-11-8-5-2)53(54(59)63-51)62-50(58)45-42-39-36-33-30-27-24-21-18-15-12-9-6-3/h47,51-53,55H,4-46H2,1-3H3/t47-,51-,52+,53-/m1/s1/i1D,2D,3D. The first kappa shape index (κ1) is 53.5. The average molecular weight is 896 g/mol. The van der Waals surface area contributed by atoms with E-state index in [1.807, 2.05) is 0 Å². The van der Waals surface area contributed by atoms with Crippen LogP contribution in [0.5, 0.6) is 0 Å². The molecule has 1 N–H and O–H groups in total. The number of unbranched alkanes of at least 4 members (excludes halogenated alkanes) is 36. The molecule has 63 heavy (non-hydrogen) atoms. The second-order valence-electron chi connectivity index (χ2n) is 18.6. The number of aliphatic hydroxyl groups is 1. The van der Waals surface area contributed by atoms with Gasteiger partial charge in [-0.05, 0) is 19.3 Å². The van der Waals surface area contributed by atoms with Crippen LogP contribution < -0.4 is 0 Å². The molecule has 4 atom stereocenters. The fraction of sp³-hybridized carbons (Fsp3) is 0.926. The van der Waals surface area contributed by atoms with E-state index in [9.17, 15) is 24.3 Å². The lowest BCUT2D eigenvalue weighted by atomic mass is 10.0. The average Bonchev–Trinajstić information content (AvgIpc) is 3.61. The van der Waals surface area contributed by atoms with Crippen molar-refractivity contribution in [3.8, 4) is 0 Å². The molecule has 0 saturated carbocycles. The smallest absolute Gasteiger partial charge is 0.352 e. The SMILES string of the molecule is [2H]CCCCCCCCCCCCCCCC(=O)OC[C@@H](O)[C@H]1OC(=O)[C@H](OC(=O)CCCCCCCCCCCCCCC[2H])[C@H]1OC(=O)CCCCCCCCCCCCCCC[2H]. The number of carbonyl (C=O) groups excluding carboxylic acids is 4. The van der Waals surface area contributed by atoms with Crippen LogP contribution in [0.25, 0.3) is 0 Å². The molecule has 0 amide bonds. The summed E-state index contributed by atoms with van der Waals surface area (Å²) in [5.41, 5.74) is 0. The molecule has 0 aromatic carbocycles. The number of ether oxygens (including phenoxy) is 4. The van der Waals surface area contributed by atoms with Gasteiger partial charge < -0.3 is 24.1 Å². The molecule has 370 valence electrons. The van der Waals surface area contributed by atoms with E-state index in [1.54, 1.807) is 0 Å². The van der Waals surface area contributed by atoms with E-state index >= 15 is 0 Å². The zero-order chi connectivity index (χ0) is 48.0. The molecule has 1 aliphatic rings. The van der Waals surface area contributed by atoms with E-state index in [-0.39, 0.29) is 19.3 Å². The molecule has 9 nitrogen and oxygen atoms in total. The number of rotatable bonds is 47. The molecule has 1 rings (SSSR count). The highest BCUT2D eigenvalue weighted by Gasteiger charge is 2.53. The summed E-state index contributed by atoms with van der Waals surface area (Å²) < 4.78 is 43.9. The minimum atomic E-state index is -1.50. The molecule has 0 spiro atoms. The first-order chi connectivity index (χ1) is 32.3. The van der Waals surface area contributed by atoms with E-state index in [0.29, 0.717) is 40.0 Å². The van der Waals surface area contributed by atoms with Crippen LogP contribution in [0.1, 0.15) is 294 Å². The number of aliphatic hydroxyl groups excluding tert-OH is 1. The summed E-state index contributed by atoms with van der Waals surface area (Å²) in [6, 6.07) is 0. The largest absolute Gasteiger partial charge is 0.463 e. The van der Waals surface area contributed by atoms with Gasteiger partial charge in [0.15, 0.2) is 12.2 Å². The summed E-state index contributed by atoms with van der Waals surface area (Å²) in [5.74, 6) is -2.47. The van der Waals surface area contributed by atoms with Gasteiger partial charge in [0.25, 0.3) is 0 Å². The molecule has 0 radical (unpaired) electrons. The van der Waals surface area contributed by atoms with Gasteiger partial charge >= 0.3 is 23.9 Å². The Kier molecular flexibility index (Phi) is 37.1. The molecule has 1 fully saturated rings. The van der Waals surface area contributed by atoms with Gasteiger partial charge in [-0.2, -0.15) is 0 Å². The number of hydrogen-bond acceptors (Lipinski definition) is 9. The third-order valence-electron chi connectivity index (χ3n) is 12.6. The van der Waals surface area contributed by atoms with Crippen molar-refractivity contribution < 1.29 is 47.3 Å². The molecule has 0 bridgehead atoms. The fourth-order valence-electron chi connectivity index (χ4n) is 8.51. The van der Waals surface area contributed by atoms with Gasteiger partial charge in [0.1, 0.15) is 12.7 Å². The van der Waals surface area contributed by atoms with Gasteiger partial charge in [-0.15, -0.1) is 0 Å². The minimum Gasteiger partial charge on any atom is -0.463 e. The van der Waals surface area contributed by atoms with Crippen LogP contribution in [0.3, 0.4) is 0 Å². The Labute approximate surface area is 391 Å². The first-order valence-electron chi connectivity index (χ1n) is 28.8. The van der Waals surface area contributed by atoms with E-state index in [0.717, 1.165) is 77.0 Å². The highest BCUT2D eigenvalue weighted by Crippen LogP contribution is 2.27. The summed E-state index contributed by atoms with van der Waals surface area (Å²) >= 11 is 0. The van der Waals surface area contributed by atoms with Gasteiger partial charge in [0.2, 0.25) is 6.10 Å². The van der Waals surface area contributed by atoms with Crippen LogP contribution in [0.2, 0.25) is 0 Å². The lowest BCUT2D eigenvalue weighted by molar-refractivity contribution is -0.171. The van der Waals surface area contributed by atoms with Crippen molar-refractivity contribution in [1.29, 1.82) is 0 Å². The van der Waals surface area contributed by atoms with E-state index in [4.69, 9.17) is 23.1 Å². The Balaban J connectivity index is 2.47. The van der Waals surface area contributed by atoms with Crippen LogP contribution in [-0.2, 0) is 38.1 Å². The Hall–Kier alpha value is -2.16. The van der Waals surface area contributed by atoms with Crippen LogP contribution in [0.4, 0.5) is 0 Å². The van der Waals surface area contributed by atoms with Crippen LogP contribution in [-0.4, -0.2) is 60.0 Å². The summed E-state index contributed by atoms with van der Waals surface area (Å²) in [4.78, 5) is 51.7. The normalized spacial score (nSPS) is 17.2. The summed E-state index contributed by atoms with van der Waals surface area (Å²) in [5, 5.41) is 11.1. The number of hydrogen-bond donors (Lipinski definition) is 1. The summed E-state index contributed by atoms with van der Waals surface area (Å²) in [6.07, 6.45) is 38.6. The molecule has 9 heteroatoms. The molecule has 1 saturated heterocycles. The maximum atomic E-state index is 13.1. The van der Waals surface area contributed by atoms with Crippen LogP contribution in [0.15, 0.2) is 0 Å². The van der Waals surface area contributed by atoms with Gasteiger partial charge in [-0.3, -0.25) is 14.4 Å². The highest BCUT2D eigenvalue weighted by molar-refractivity contribution is 5.83. The fourth-order valence-corrected chi connectivity index (χ4v) is 8.51. The van der Waals surface area contributed by atoms with E-state index in [1.165, 1.54) is 154 Å². The second-order valence-corrected chi connectivity index (χ2v) is 18.6. The van der Waals surface area contributed by atoms with Crippen LogP contribution >= 0.6 is 0 Å². The predicted octanol–water partition coefficient (Wildman–Crippen LogP) is 15.1. The zero-order valence-electron chi connectivity index (χ0n) is 43.5. The van der Waals surface area contributed by atoms with Crippen molar-refractivity contribution in [2.24, 2.45) is 0 Å². The number of carbonyl (C=O) groups is 4. The molecule has 0 unspecified atom stereocenters. The third-order valence-corrected chi connectivity index (χ3v) is 12.6. The molecule has 0 aromatic heterocycles. The Morgan fingerprint density at radius 2 is 0.746 bits per heavy atom. The molecule has 1 heterocycles. The second kappa shape index (κ2) is 43.7. The highest BCUT2D eigenvalue weighted by atomic mass is 16.7. The summed E-state index contributed by atoms with van der Waals surface area (Å²) in [7, 11) is 0. The van der Waals surface area contributed by atoms with E-state index in [2.05, 4.69) is 0 Å². The van der Waals surface area contributed by atoms with Crippen LogP contribution in [0, 0.1) is 0 Å². The van der Waals surface area contributed by atoms with Crippen molar-refractivity contribution in [1.82, 2.24) is 0 Å². The van der Waals surface area contributed by atoms with Crippen molar-refractivity contribution in [2.75, 3.05) is 6.61 Å². The maximum absolute atomic E-state index is 13.1. The Bertz CT molecular complexity index is 1140. The molecular weight excluding hydrogens is 793 g/mol.